The number of rotatable bonds is 1. The Bertz CT molecular complexity index is 993. The lowest BCUT2D eigenvalue weighted by Crippen LogP contribution is -2.03. The topological polar surface area (TPSA) is 82.5 Å². The summed E-state index contributed by atoms with van der Waals surface area (Å²) in [7, 11) is 0. The zero-order valence-corrected chi connectivity index (χ0v) is 11.9. The van der Waals surface area contributed by atoms with Crippen molar-refractivity contribution in [3.8, 4) is 11.5 Å². The number of nitrogens with zero attached hydrogens (tertiary/aromatic N) is 1. The zero-order valence-electron chi connectivity index (χ0n) is 11.9. The van der Waals surface area contributed by atoms with E-state index < -0.39 is 0 Å². The van der Waals surface area contributed by atoms with Gasteiger partial charge in [-0.1, -0.05) is 12.1 Å². The highest BCUT2D eigenvalue weighted by Gasteiger charge is 2.24. The number of phenols is 2. The number of anilines is 1. The van der Waals surface area contributed by atoms with Gasteiger partial charge >= 0.3 is 0 Å². The van der Waals surface area contributed by atoms with E-state index in [1.807, 2.05) is 6.07 Å². The first-order valence-electron chi connectivity index (χ1n) is 7.06. The second-order valence-corrected chi connectivity index (χ2v) is 5.32. The fourth-order valence-corrected chi connectivity index (χ4v) is 2.78. The molecule has 0 radical (unpaired) electrons. The van der Waals surface area contributed by atoms with E-state index in [-0.39, 0.29) is 17.4 Å². The standard InChI is InChI=1S/C18H12N2O3/c21-11-4-5-15-13(9-11)14(18(23)20-15)8-10-6-7-19-17-12(10)2-1-3-16(17)22/h1-9,21-22H,(H,20,23). The summed E-state index contributed by atoms with van der Waals surface area (Å²) in [5.41, 5.74) is 3.04. The molecule has 1 amide bonds. The predicted octanol–water partition coefficient (Wildman–Crippen LogP) is 3.14. The lowest BCUT2D eigenvalue weighted by atomic mass is 10.0. The van der Waals surface area contributed by atoms with Crippen molar-refractivity contribution in [1.29, 1.82) is 0 Å². The molecule has 5 heteroatoms. The van der Waals surface area contributed by atoms with Crippen LogP contribution in [-0.4, -0.2) is 21.1 Å². The average molecular weight is 304 g/mol. The molecule has 0 unspecified atom stereocenters. The van der Waals surface area contributed by atoms with Crippen molar-refractivity contribution in [3.05, 3.63) is 59.8 Å². The molecule has 5 nitrogen and oxygen atoms in total. The number of hydrogen-bond donors (Lipinski definition) is 3. The van der Waals surface area contributed by atoms with E-state index in [0.717, 1.165) is 10.9 Å². The molecule has 23 heavy (non-hydrogen) atoms. The summed E-state index contributed by atoms with van der Waals surface area (Å²) in [5, 5.41) is 23.1. The van der Waals surface area contributed by atoms with Crippen LogP contribution in [0, 0.1) is 0 Å². The molecule has 1 aliphatic rings. The maximum atomic E-state index is 12.2. The summed E-state index contributed by atoms with van der Waals surface area (Å²) < 4.78 is 0. The molecule has 0 bridgehead atoms. The van der Waals surface area contributed by atoms with Gasteiger partial charge in [0.2, 0.25) is 0 Å². The van der Waals surface area contributed by atoms with Gasteiger partial charge in [-0.05, 0) is 42.0 Å². The molecule has 2 aromatic carbocycles. The summed E-state index contributed by atoms with van der Waals surface area (Å²) >= 11 is 0. The van der Waals surface area contributed by atoms with Gasteiger partial charge in [-0.15, -0.1) is 0 Å². The van der Waals surface area contributed by atoms with E-state index in [0.29, 0.717) is 22.3 Å². The van der Waals surface area contributed by atoms with Crippen molar-refractivity contribution >= 4 is 34.1 Å². The SMILES string of the molecule is O=C1Nc2ccc(O)cc2C1=Cc1ccnc2c(O)cccc12. The minimum Gasteiger partial charge on any atom is -0.508 e. The number of pyridine rings is 1. The van der Waals surface area contributed by atoms with Crippen molar-refractivity contribution < 1.29 is 15.0 Å². The number of hydrogen-bond acceptors (Lipinski definition) is 4. The van der Waals surface area contributed by atoms with Gasteiger partial charge < -0.3 is 15.5 Å². The van der Waals surface area contributed by atoms with E-state index in [1.54, 1.807) is 42.6 Å². The molecule has 3 aromatic rings. The number of aromatic nitrogens is 1. The van der Waals surface area contributed by atoms with E-state index in [9.17, 15) is 15.0 Å². The molecule has 0 saturated heterocycles. The van der Waals surface area contributed by atoms with E-state index in [4.69, 9.17) is 0 Å². The van der Waals surface area contributed by atoms with Gasteiger partial charge in [0.1, 0.15) is 17.0 Å². The van der Waals surface area contributed by atoms with Gasteiger partial charge in [0, 0.05) is 28.4 Å². The van der Waals surface area contributed by atoms with Crippen molar-refractivity contribution in [1.82, 2.24) is 4.98 Å². The maximum Gasteiger partial charge on any atom is 0.256 e. The molecule has 0 atom stereocenters. The number of fused-ring (bicyclic) bond motifs is 2. The highest BCUT2D eigenvalue weighted by atomic mass is 16.3. The lowest BCUT2D eigenvalue weighted by Gasteiger charge is -2.04. The summed E-state index contributed by atoms with van der Waals surface area (Å²) in [6.45, 7) is 0. The Kier molecular flexibility index (Phi) is 2.81. The van der Waals surface area contributed by atoms with E-state index in [1.165, 1.54) is 6.07 Å². The van der Waals surface area contributed by atoms with Crippen LogP contribution in [0.25, 0.3) is 22.6 Å². The van der Waals surface area contributed by atoms with Crippen molar-refractivity contribution in [2.45, 2.75) is 0 Å². The van der Waals surface area contributed by atoms with Crippen LogP contribution >= 0.6 is 0 Å². The summed E-state index contributed by atoms with van der Waals surface area (Å²) in [6.07, 6.45) is 3.33. The van der Waals surface area contributed by atoms with Crippen LogP contribution in [-0.2, 0) is 4.79 Å². The highest BCUT2D eigenvalue weighted by Crippen LogP contribution is 2.36. The fraction of sp³-hybridized carbons (Fsp3) is 0. The molecule has 0 aliphatic carbocycles. The smallest absolute Gasteiger partial charge is 0.256 e. The second kappa shape index (κ2) is 4.84. The van der Waals surface area contributed by atoms with Crippen LogP contribution < -0.4 is 5.32 Å². The Morgan fingerprint density at radius 2 is 1.96 bits per heavy atom. The molecule has 0 saturated carbocycles. The van der Waals surface area contributed by atoms with Crippen molar-refractivity contribution in [2.75, 3.05) is 5.32 Å². The van der Waals surface area contributed by atoms with Gasteiger partial charge in [0.25, 0.3) is 5.91 Å². The third-order valence-corrected chi connectivity index (χ3v) is 3.87. The first-order chi connectivity index (χ1) is 11.1. The van der Waals surface area contributed by atoms with Crippen LogP contribution in [0.2, 0.25) is 0 Å². The number of para-hydroxylation sites is 1. The number of phenolic OH excluding ortho intramolecular Hbond substituents is 2. The van der Waals surface area contributed by atoms with Crippen LogP contribution in [0.3, 0.4) is 0 Å². The third kappa shape index (κ3) is 2.10. The lowest BCUT2D eigenvalue weighted by molar-refractivity contribution is -0.110. The van der Waals surface area contributed by atoms with Gasteiger partial charge in [-0.25, -0.2) is 0 Å². The normalized spacial score (nSPS) is 15.0. The molecule has 2 heterocycles. The molecule has 0 spiro atoms. The molecule has 112 valence electrons. The Morgan fingerprint density at radius 3 is 2.83 bits per heavy atom. The molecular formula is C18H12N2O3. The molecule has 1 aliphatic heterocycles. The predicted molar refractivity (Wildman–Crippen MR) is 88.0 cm³/mol. The van der Waals surface area contributed by atoms with Gasteiger partial charge in [0.05, 0.1) is 0 Å². The van der Waals surface area contributed by atoms with Crippen LogP contribution in [0.15, 0.2) is 48.7 Å². The first-order valence-corrected chi connectivity index (χ1v) is 7.06. The average Bonchev–Trinajstić information content (AvgIpc) is 2.84. The summed E-state index contributed by atoms with van der Waals surface area (Å²) in [6, 6.07) is 11.7. The number of amides is 1. The number of carbonyl (C=O) groups excluding carboxylic acids is 1. The van der Waals surface area contributed by atoms with Crippen LogP contribution in [0.5, 0.6) is 11.5 Å². The minimum absolute atomic E-state index is 0.0941. The Labute approximate surface area is 131 Å². The molecule has 0 fully saturated rings. The second-order valence-electron chi connectivity index (χ2n) is 5.32. The van der Waals surface area contributed by atoms with Crippen molar-refractivity contribution in [2.24, 2.45) is 0 Å². The fourth-order valence-electron chi connectivity index (χ4n) is 2.78. The minimum atomic E-state index is -0.226. The molecule has 4 rings (SSSR count). The van der Waals surface area contributed by atoms with E-state index in [2.05, 4.69) is 10.3 Å². The molecule has 1 aromatic heterocycles. The largest absolute Gasteiger partial charge is 0.508 e. The monoisotopic (exact) mass is 304 g/mol. The molecule has 3 N–H and O–H groups in total. The van der Waals surface area contributed by atoms with Crippen LogP contribution in [0.1, 0.15) is 11.1 Å². The zero-order chi connectivity index (χ0) is 16.0. The Balaban J connectivity index is 1.94. The van der Waals surface area contributed by atoms with Gasteiger partial charge in [-0.3, -0.25) is 9.78 Å². The van der Waals surface area contributed by atoms with Crippen molar-refractivity contribution in [3.63, 3.8) is 0 Å². The maximum absolute atomic E-state index is 12.2. The number of carbonyl (C=O) groups is 1. The number of nitrogens with one attached hydrogen (secondary N) is 1. The first kappa shape index (κ1) is 13.3. The highest BCUT2D eigenvalue weighted by molar-refractivity contribution is 6.35. The summed E-state index contributed by atoms with van der Waals surface area (Å²) in [5.74, 6) is -0.0317. The quantitative estimate of drug-likeness (QED) is 0.476. The molecular weight excluding hydrogens is 292 g/mol. The Hall–Kier alpha value is -3.34. The van der Waals surface area contributed by atoms with E-state index >= 15 is 0 Å². The van der Waals surface area contributed by atoms with Gasteiger partial charge in [0.15, 0.2) is 0 Å². The van der Waals surface area contributed by atoms with Gasteiger partial charge in [-0.2, -0.15) is 0 Å². The summed E-state index contributed by atoms with van der Waals surface area (Å²) in [4.78, 5) is 16.4. The third-order valence-electron chi connectivity index (χ3n) is 3.87. The van der Waals surface area contributed by atoms with Crippen LogP contribution in [0.4, 0.5) is 5.69 Å². The number of benzene rings is 2. The number of aromatic hydroxyl groups is 2. The Morgan fingerprint density at radius 1 is 1.09 bits per heavy atom.